The fourth-order valence-corrected chi connectivity index (χ4v) is 2.04. The molecule has 0 amide bonds. The highest BCUT2D eigenvalue weighted by atomic mass is 79.9. The molecule has 0 aliphatic carbocycles. The van der Waals surface area contributed by atoms with Crippen molar-refractivity contribution in [2.75, 3.05) is 31.7 Å². The molecular formula is C12H18BrN3O3. The van der Waals surface area contributed by atoms with E-state index < -0.39 is 4.92 Å². The number of aromatic nitrogens is 1. The number of methoxy groups -OCH3 is 1. The summed E-state index contributed by atoms with van der Waals surface area (Å²) >= 11 is 3.21. The normalized spacial score (nSPS) is 10.8. The maximum absolute atomic E-state index is 11.1. The SMILES string of the molecule is COCCN(CC(C)C)c1ncc(Br)cc1[N+](=O)[O-]. The van der Waals surface area contributed by atoms with E-state index in [-0.39, 0.29) is 5.69 Å². The summed E-state index contributed by atoms with van der Waals surface area (Å²) in [4.78, 5) is 16.8. The molecule has 0 bridgehead atoms. The van der Waals surface area contributed by atoms with Crippen LogP contribution in [0.3, 0.4) is 0 Å². The molecule has 1 aromatic rings. The van der Waals surface area contributed by atoms with Crippen LogP contribution in [0.5, 0.6) is 0 Å². The second-order valence-electron chi connectivity index (χ2n) is 4.59. The van der Waals surface area contributed by atoms with Crippen molar-refractivity contribution in [2.45, 2.75) is 13.8 Å². The van der Waals surface area contributed by atoms with E-state index in [4.69, 9.17) is 4.74 Å². The van der Waals surface area contributed by atoms with Gasteiger partial charge in [0.1, 0.15) is 0 Å². The van der Waals surface area contributed by atoms with Crippen LogP contribution >= 0.6 is 15.9 Å². The monoisotopic (exact) mass is 331 g/mol. The minimum absolute atomic E-state index is 0.00567. The van der Waals surface area contributed by atoms with Gasteiger partial charge in [-0.2, -0.15) is 0 Å². The number of nitrogens with zero attached hydrogens (tertiary/aromatic N) is 3. The Kier molecular flexibility index (Phi) is 6.17. The molecule has 7 heteroatoms. The zero-order valence-corrected chi connectivity index (χ0v) is 12.9. The number of nitro groups is 1. The van der Waals surface area contributed by atoms with Gasteiger partial charge in [0, 0.05) is 36.9 Å². The van der Waals surface area contributed by atoms with Crippen LogP contribution in [0.2, 0.25) is 0 Å². The maximum Gasteiger partial charge on any atom is 0.312 e. The molecule has 6 nitrogen and oxygen atoms in total. The van der Waals surface area contributed by atoms with E-state index in [9.17, 15) is 10.1 Å². The van der Waals surface area contributed by atoms with Gasteiger partial charge in [-0.1, -0.05) is 13.8 Å². The Balaban J connectivity index is 3.09. The van der Waals surface area contributed by atoms with Gasteiger partial charge in [0.25, 0.3) is 0 Å². The Morgan fingerprint density at radius 2 is 2.26 bits per heavy atom. The van der Waals surface area contributed by atoms with Crippen LogP contribution in [0.1, 0.15) is 13.8 Å². The molecule has 0 aromatic carbocycles. The molecule has 0 aliphatic heterocycles. The Bertz CT molecular complexity index is 440. The Hall–Kier alpha value is -1.21. The molecule has 0 fully saturated rings. The number of ether oxygens (including phenoxy) is 1. The summed E-state index contributed by atoms with van der Waals surface area (Å²) in [6.45, 7) is 5.89. The summed E-state index contributed by atoms with van der Waals surface area (Å²) in [7, 11) is 1.61. The highest BCUT2D eigenvalue weighted by Gasteiger charge is 2.22. The molecule has 0 saturated heterocycles. The zero-order valence-electron chi connectivity index (χ0n) is 11.3. The molecule has 106 valence electrons. The minimum Gasteiger partial charge on any atom is -0.383 e. The van der Waals surface area contributed by atoms with Crippen LogP contribution in [-0.2, 0) is 4.74 Å². The lowest BCUT2D eigenvalue weighted by molar-refractivity contribution is -0.384. The quantitative estimate of drug-likeness (QED) is 0.567. The molecular weight excluding hydrogens is 314 g/mol. The predicted molar refractivity (Wildman–Crippen MR) is 77.5 cm³/mol. The molecule has 1 rings (SSSR count). The minimum atomic E-state index is -0.410. The lowest BCUT2D eigenvalue weighted by Crippen LogP contribution is -2.32. The zero-order chi connectivity index (χ0) is 14.4. The van der Waals surface area contributed by atoms with Crippen LogP contribution in [0.15, 0.2) is 16.7 Å². The molecule has 1 heterocycles. The van der Waals surface area contributed by atoms with Gasteiger partial charge in [-0.3, -0.25) is 10.1 Å². The molecule has 0 atom stereocenters. The molecule has 0 N–H and O–H groups in total. The number of halogens is 1. The summed E-state index contributed by atoms with van der Waals surface area (Å²) < 4.78 is 5.65. The molecule has 0 saturated carbocycles. The smallest absolute Gasteiger partial charge is 0.312 e. The van der Waals surface area contributed by atoms with Crippen molar-refractivity contribution in [3.05, 3.63) is 26.9 Å². The second-order valence-corrected chi connectivity index (χ2v) is 5.50. The van der Waals surface area contributed by atoms with Gasteiger partial charge in [-0.05, 0) is 21.8 Å². The van der Waals surface area contributed by atoms with Gasteiger partial charge in [0.15, 0.2) is 0 Å². The first-order valence-corrected chi connectivity index (χ1v) is 6.78. The van der Waals surface area contributed by atoms with E-state index in [1.54, 1.807) is 13.3 Å². The molecule has 19 heavy (non-hydrogen) atoms. The molecule has 0 unspecified atom stereocenters. The third kappa shape index (κ3) is 4.76. The van der Waals surface area contributed by atoms with Gasteiger partial charge in [-0.15, -0.1) is 0 Å². The second kappa shape index (κ2) is 7.40. The Morgan fingerprint density at radius 1 is 1.58 bits per heavy atom. The summed E-state index contributed by atoms with van der Waals surface area (Å²) in [5.41, 5.74) is 0.00567. The van der Waals surface area contributed by atoms with Crippen molar-refractivity contribution in [2.24, 2.45) is 5.92 Å². The van der Waals surface area contributed by atoms with Crippen LogP contribution < -0.4 is 4.90 Å². The van der Waals surface area contributed by atoms with Crippen LogP contribution in [0.4, 0.5) is 11.5 Å². The Morgan fingerprint density at radius 3 is 2.79 bits per heavy atom. The summed E-state index contributed by atoms with van der Waals surface area (Å²) in [5, 5.41) is 11.1. The van der Waals surface area contributed by atoms with Crippen LogP contribution in [0, 0.1) is 16.0 Å². The lowest BCUT2D eigenvalue weighted by atomic mass is 10.2. The highest BCUT2D eigenvalue weighted by molar-refractivity contribution is 9.10. The summed E-state index contributed by atoms with van der Waals surface area (Å²) in [6.07, 6.45) is 1.57. The largest absolute Gasteiger partial charge is 0.383 e. The van der Waals surface area contributed by atoms with Crippen molar-refractivity contribution in [1.82, 2.24) is 4.98 Å². The fraction of sp³-hybridized carbons (Fsp3) is 0.583. The Labute approximate surface area is 121 Å². The number of rotatable bonds is 7. The van der Waals surface area contributed by atoms with Crippen molar-refractivity contribution in [1.29, 1.82) is 0 Å². The van der Waals surface area contributed by atoms with E-state index in [1.165, 1.54) is 6.07 Å². The maximum atomic E-state index is 11.1. The molecule has 0 spiro atoms. The van der Waals surface area contributed by atoms with Gasteiger partial charge in [0.2, 0.25) is 5.82 Å². The highest BCUT2D eigenvalue weighted by Crippen LogP contribution is 2.28. The number of hydrogen-bond acceptors (Lipinski definition) is 5. The number of anilines is 1. The van der Waals surface area contributed by atoms with E-state index >= 15 is 0 Å². The summed E-state index contributed by atoms with van der Waals surface area (Å²) in [6, 6.07) is 1.47. The molecule has 1 aromatic heterocycles. The standard InChI is InChI=1S/C12H18BrN3O3/c1-9(2)8-15(4-5-19-3)12-11(16(17)18)6-10(13)7-14-12/h6-7,9H,4-5,8H2,1-3H3. The van der Waals surface area contributed by atoms with E-state index in [0.29, 0.717) is 35.9 Å². The third-order valence-corrected chi connectivity index (χ3v) is 2.89. The predicted octanol–water partition coefficient (Wildman–Crippen LogP) is 2.86. The van der Waals surface area contributed by atoms with Gasteiger partial charge in [-0.25, -0.2) is 4.98 Å². The first-order valence-electron chi connectivity index (χ1n) is 5.99. The van der Waals surface area contributed by atoms with E-state index in [0.717, 1.165) is 0 Å². The first-order chi connectivity index (χ1) is 8.95. The average Bonchev–Trinajstić information content (AvgIpc) is 2.34. The topological polar surface area (TPSA) is 68.5 Å². The first kappa shape index (κ1) is 15.8. The van der Waals surface area contributed by atoms with Crippen molar-refractivity contribution in [3.8, 4) is 0 Å². The third-order valence-electron chi connectivity index (χ3n) is 2.46. The van der Waals surface area contributed by atoms with Crippen molar-refractivity contribution in [3.63, 3.8) is 0 Å². The summed E-state index contributed by atoms with van der Waals surface area (Å²) in [5.74, 6) is 0.765. The van der Waals surface area contributed by atoms with Crippen molar-refractivity contribution >= 4 is 27.4 Å². The van der Waals surface area contributed by atoms with E-state index in [2.05, 4.69) is 34.8 Å². The number of pyridine rings is 1. The van der Waals surface area contributed by atoms with E-state index in [1.807, 2.05) is 4.90 Å². The van der Waals surface area contributed by atoms with Gasteiger partial charge in [0.05, 0.1) is 11.5 Å². The molecule has 0 radical (unpaired) electrons. The lowest BCUT2D eigenvalue weighted by Gasteiger charge is -2.24. The number of hydrogen-bond donors (Lipinski definition) is 0. The molecule has 0 aliphatic rings. The fourth-order valence-electron chi connectivity index (χ4n) is 1.73. The van der Waals surface area contributed by atoms with Crippen molar-refractivity contribution < 1.29 is 9.66 Å². The van der Waals surface area contributed by atoms with Crippen LogP contribution in [-0.4, -0.2) is 36.7 Å². The van der Waals surface area contributed by atoms with Gasteiger partial charge < -0.3 is 9.64 Å². The van der Waals surface area contributed by atoms with Crippen LogP contribution in [0.25, 0.3) is 0 Å². The average molecular weight is 332 g/mol. The van der Waals surface area contributed by atoms with Gasteiger partial charge >= 0.3 is 5.69 Å².